The molecule has 23 nitrogen and oxygen atoms in total. The Morgan fingerprint density at radius 1 is 0.537 bits per heavy atom. The van der Waals surface area contributed by atoms with Crippen LogP contribution in [0.15, 0.2) is 60.8 Å². The van der Waals surface area contributed by atoms with E-state index in [1.54, 1.807) is 6.20 Å². The minimum Gasteiger partial charge on any atom is -0.481 e. The van der Waals surface area contributed by atoms with Crippen LogP contribution in [0.4, 0.5) is 0 Å². The van der Waals surface area contributed by atoms with Crippen LogP contribution in [0, 0.1) is 17.8 Å². The number of carboxylic acid groups (broad SMARTS) is 3. The third kappa shape index (κ3) is 23.2. The topological polar surface area (TPSA) is 378 Å². The molecule has 7 amide bonds. The minimum atomic E-state index is -1.21. The van der Waals surface area contributed by atoms with E-state index in [-0.39, 0.29) is 82.5 Å². The van der Waals surface area contributed by atoms with Crippen LogP contribution < -0.4 is 43.0 Å². The molecule has 0 aliphatic heterocycles. The number of H-pyrrole nitrogens is 1. The lowest BCUT2D eigenvalue weighted by molar-refractivity contribution is -0.140. The minimum absolute atomic E-state index is 0.00568. The Hall–Kier alpha value is -7.40. The van der Waals surface area contributed by atoms with E-state index in [4.69, 9.17) is 10.8 Å². The summed E-state index contributed by atoms with van der Waals surface area (Å²) in [5.74, 6) is -7.91. The molecule has 2 aromatic carbocycles. The van der Waals surface area contributed by atoms with E-state index in [1.807, 2.05) is 68.4 Å². The predicted octanol–water partition coefficient (Wildman–Crippen LogP) is 3.25. The lowest BCUT2D eigenvalue weighted by Gasteiger charge is -2.33. The average Bonchev–Trinajstić information content (AvgIpc) is 4.02. The second kappa shape index (κ2) is 33.5. The number of carbonyl (C=O) groups excluding carboxylic acids is 7. The predicted molar refractivity (Wildman–Crippen MR) is 303 cm³/mol. The quantitative estimate of drug-likeness (QED) is 0.0408. The molecule has 23 heteroatoms. The number of aromatic nitrogens is 1. The summed E-state index contributed by atoms with van der Waals surface area (Å²) in [6, 6.07) is 10.7. The van der Waals surface area contributed by atoms with Gasteiger partial charge in [-0.05, 0) is 80.9 Å². The molecular weight excluding hydrogens is 1060 g/mol. The number of aromatic amines is 1. The van der Waals surface area contributed by atoms with E-state index in [0.717, 1.165) is 28.5 Å². The van der Waals surface area contributed by atoms with Gasteiger partial charge in [0.25, 0.3) is 0 Å². The van der Waals surface area contributed by atoms with Crippen molar-refractivity contribution in [3.63, 3.8) is 0 Å². The second-order valence-corrected chi connectivity index (χ2v) is 22.6. The summed E-state index contributed by atoms with van der Waals surface area (Å²) in [7, 11) is 0. The van der Waals surface area contributed by atoms with Crippen LogP contribution >= 0.6 is 0 Å². The standard InChI is InChI=1S/C59H85N9O14/c1-35(2)24-38(60)27-50(70)62-39(20-22-55(75)76)28-53(73)67-48-18-10-8-16-46(48)59(82)66-42(26-37-33-61-47-17-9-6-14-44(37)47)30-52(72)64-43(34-69)31-54(74)68-49-19-11-7-15-45(49)58(81)65-41(25-36-12-4-3-5-13-36)29-51(71)63-40(32-57(79)80)21-23-56(77)78/h3-6,9,12-14,17,33,35,38-43,45-46,48-49,61,69H,7-8,10-11,15-16,18-32,34,60H2,1-2H3,(H,62,70)(H,63,71)(H,64,72)(H,65,81)(H,66,82)(H,67,73)(H,68,74)(H,75,76)(H,77,78)(H,79,80)/t38-,39-,40-,41-,42-,43+,45-,46-,48-,49-/m0/s1. The Kier molecular flexibility index (Phi) is 26.7. The normalized spacial score (nSPS) is 19.2. The highest BCUT2D eigenvalue weighted by Gasteiger charge is 2.36. The first kappa shape index (κ1) is 65.4. The van der Waals surface area contributed by atoms with Crippen LogP contribution in [-0.4, -0.2) is 140 Å². The summed E-state index contributed by atoms with van der Waals surface area (Å²) in [5.41, 5.74) is 8.62. The van der Waals surface area contributed by atoms with Gasteiger partial charge in [0.2, 0.25) is 41.4 Å². The molecule has 0 bridgehead atoms. The number of carboxylic acids is 3. The number of hydrogen-bond donors (Lipinski definition) is 13. The smallest absolute Gasteiger partial charge is 0.305 e. The second-order valence-electron chi connectivity index (χ2n) is 22.6. The first-order valence-corrected chi connectivity index (χ1v) is 28.8. The molecule has 0 saturated heterocycles. The Balaban J connectivity index is 1.22. The van der Waals surface area contributed by atoms with Gasteiger partial charge < -0.3 is 68.4 Å². The highest BCUT2D eigenvalue weighted by molar-refractivity contribution is 5.87. The summed E-state index contributed by atoms with van der Waals surface area (Å²) >= 11 is 0. The molecule has 3 aromatic rings. The van der Waals surface area contributed by atoms with Crippen LogP contribution in [0.2, 0.25) is 0 Å². The van der Waals surface area contributed by atoms with Gasteiger partial charge in [-0.2, -0.15) is 0 Å². The molecule has 5 rings (SSSR count). The molecule has 82 heavy (non-hydrogen) atoms. The van der Waals surface area contributed by atoms with Gasteiger partial charge in [0.05, 0.1) is 30.9 Å². The molecule has 0 unspecified atom stereocenters. The molecule has 0 spiro atoms. The van der Waals surface area contributed by atoms with E-state index in [9.17, 15) is 63.3 Å². The van der Waals surface area contributed by atoms with Crippen LogP contribution in [0.1, 0.15) is 147 Å². The lowest BCUT2D eigenvalue weighted by atomic mass is 9.83. The zero-order valence-corrected chi connectivity index (χ0v) is 47.1. The number of aliphatic hydroxyl groups excluding tert-OH is 1. The number of para-hydroxylation sites is 1. The molecule has 10 atom stereocenters. The van der Waals surface area contributed by atoms with Gasteiger partial charge >= 0.3 is 17.9 Å². The molecule has 0 radical (unpaired) electrons. The van der Waals surface area contributed by atoms with Gasteiger partial charge in [-0.15, -0.1) is 0 Å². The molecular formula is C59H85N9O14. The monoisotopic (exact) mass is 1140 g/mol. The van der Waals surface area contributed by atoms with Crippen LogP contribution in [0.3, 0.4) is 0 Å². The zero-order valence-electron chi connectivity index (χ0n) is 47.1. The SMILES string of the molecule is CC(C)C[C@H](N)CC(=O)N[C@@H](CCC(=O)O)CC(=O)N[C@H]1CCCC[C@@H]1C(=O)N[C@H](CC(=O)N[C@@H](CO)CC(=O)N[C@H]1CCCC[C@@H]1C(=O)N[C@H](CC(=O)N[C@@H](CCC(=O)O)CC(=O)O)Cc1ccccc1)Cc1c[nH]c2ccccc12. The van der Waals surface area contributed by atoms with E-state index in [2.05, 4.69) is 42.2 Å². The molecule has 2 saturated carbocycles. The first-order chi connectivity index (χ1) is 39.1. The fourth-order valence-electron chi connectivity index (χ4n) is 11.3. The fraction of sp³-hybridized carbons (Fsp3) is 0.593. The third-order valence-corrected chi connectivity index (χ3v) is 15.2. The largest absolute Gasteiger partial charge is 0.481 e. The summed E-state index contributed by atoms with van der Waals surface area (Å²) in [6.07, 6.45) is 5.17. The van der Waals surface area contributed by atoms with Crippen LogP contribution in [0.5, 0.6) is 0 Å². The number of aliphatic carboxylic acids is 3. The van der Waals surface area contributed by atoms with Crippen molar-refractivity contribution in [2.75, 3.05) is 6.61 Å². The van der Waals surface area contributed by atoms with Crippen molar-refractivity contribution < 1.29 is 68.4 Å². The van der Waals surface area contributed by atoms with E-state index < -0.39 is 127 Å². The van der Waals surface area contributed by atoms with Gasteiger partial charge in [0, 0.05) is 104 Å². The number of hydrogen-bond acceptors (Lipinski definition) is 12. The fourth-order valence-corrected chi connectivity index (χ4v) is 11.3. The highest BCUT2D eigenvalue weighted by atomic mass is 16.4. The maximum atomic E-state index is 14.4. The van der Waals surface area contributed by atoms with Gasteiger partial charge in [0.1, 0.15) is 0 Å². The Bertz CT molecular complexity index is 2630. The van der Waals surface area contributed by atoms with E-state index >= 15 is 0 Å². The summed E-state index contributed by atoms with van der Waals surface area (Å²) in [6.45, 7) is 3.36. The maximum absolute atomic E-state index is 14.4. The van der Waals surface area contributed by atoms with E-state index in [1.165, 1.54) is 0 Å². The number of nitrogens with two attached hydrogens (primary N) is 1. The van der Waals surface area contributed by atoms with Crippen molar-refractivity contribution in [1.82, 2.24) is 42.2 Å². The maximum Gasteiger partial charge on any atom is 0.305 e. The van der Waals surface area contributed by atoms with Gasteiger partial charge in [0.15, 0.2) is 0 Å². The molecule has 2 fully saturated rings. The van der Waals surface area contributed by atoms with Crippen molar-refractivity contribution in [3.05, 3.63) is 71.9 Å². The number of carbonyl (C=O) groups is 10. The summed E-state index contributed by atoms with van der Waals surface area (Å²) in [4.78, 5) is 134. The van der Waals surface area contributed by atoms with Crippen molar-refractivity contribution in [2.45, 2.75) is 197 Å². The number of nitrogens with one attached hydrogen (secondary N) is 8. The Labute approximate surface area is 478 Å². The highest BCUT2D eigenvalue weighted by Crippen LogP contribution is 2.28. The molecule has 1 aromatic heterocycles. The summed E-state index contributed by atoms with van der Waals surface area (Å²) in [5, 5.41) is 59.5. The molecule has 14 N–H and O–H groups in total. The molecule has 1 heterocycles. The van der Waals surface area contributed by atoms with Gasteiger partial charge in [-0.25, -0.2) is 0 Å². The first-order valence-electron chi connectivity index (χ1n) is 28.8. The van der Waals surface area contributed by atoms with Crippen molar-refractivity contribution >= 4 is 70.2 Å². The Morgan fingerprint density at radius 3 is 1.52 bits per heavy atom. The summed E-state index contributed by atoms with van der Waals surface area (Å²) < 4.78 is 0. The number of aliphatic hydroxyl groups is 1. The van der Waals surface area contributed by atoms with Crippen LogP contribution in [-0.2, 0) is 60.8 Å². The average molecular weight is 1140 g/mol. The molecule has 2 aliphatic rings. The lowest BCUT2D eigenvalue weighted by Crippen LogP contribution is -2.53. The third-order valence-electron chi connectivity index (χ3n) is 15.2. The molecule has 450 valence electrons. The number of amides is 7. The van der Waals surface area contributed by atoms with Gasteiger partial charge in [-0.1, -0.05) is 88.1 Å². The van der Waals surface area contributed by atoms with E-state index in [0.29, 0.717) is 51.4 Å². The van der Waals surface area contributed by atoms with Crippen molar-refractivity contribution in [3.8, 4) is 0 Å². The van der Waals surface area contributed by atoms with Crippen molar-refractivity contribution in [2.24, 2.45) is 23.5 Å². The number of fused-ring (bicyclic) bond motifs is 1. The number of rotatable bonds is 34. The number of benzene rings is 2. The van der Waals surface area contributed by atoms with Crippen molar-refractivity contribution in [1.29, 1.82) is 0 Å². The van der Waals surface area contributed by atoms with Crippen LogP contribution in [0.25, 0.3) is 10.9 Å². The molecule has 2 aliphatic carbocycles. The Morgan fingerprint density at radius 2 is 1.00 bits per heavy atom. The van der Waals surface area contributed by atoms with Gasteiger partial charge in [-0.3, -0.25) is 47.9 Å². The zero-order chi connectivity index (χ0) is 59.7.